The van der Waals surface area contributed by atoms with Crippen molar-refractivity contribution in [2.75, 3.05) is 0 Å². The summed E-state index contributed by atoms with van der Waals surface area (Å²) in [4.78, 5) is 0. The normalized spacial score (nSPS) is 21.1. The van der Waals surface area contributed by atoms with E-state index in [0.29, 0.717) is 10.0 Å². The first-order valence-corrected chi connectivity index (χ1v) is 4.60. The molecule has 0 heterocycles. The molecule has 1 N–H and O–H groups in total. The Morgan fingerprint density at radius 3 is 2.67 bits per heavy atom. The molecule has 1 unspecified atom stereocenters. The molecule has 64 valence electrons. The van der Waals surface area contributed by atoms with E-state index in [1.54, 1.807) is 6.07 Å². The van der Waals surface area contributed by atoms with Crippen molar-refractivity contribution in [3.63, 3.8) is 0 Å². The van der Waals surface area contributed by atoms with Crippen LogP contribution in [-0.4, -0.2) is 5.11 Å². The molecule has 12 heavy (non-hydrogen) atoms. The maximum atomic E-state index is 9.49. The van der Waals surface area contributed by atoms with Gasteiger partial charge in [-0.2, -0.15) is 0 Å². The molecule has 1 aliphatic carbocycles. The Morgan fingerprint density at radius 1 is 1.25 bits per heavy atom. The highest BCUT2D eigenvalue weighted by Crippen LogP contribution is 2.36. The zero-order valence-corrected chi connectivity index (χ0v) is 7.86. The van der Waals surface area contributed by atoms with Crippen molar-refractivity contribution in [1.29, 1.82) is 0 Å². The summed E-state index contributed by atoms with van der Waals surface area (Å²) in [5, 5.41) is 10.6. The molecule has 0 spiro atoms. The monoisotopic (exact) mass is 202 g/mol. The van der Waals surface area contributed by atoms with Crippen molar-refractivity contribution in [1.82, 2.24) is 0 Å². The molecule has 0 radical (unpaired) electrons. The van der Waals surface area contributed by atoms with Crippen LogP contribution in [0.3, 0.4) is 0 Å². The van der Waals surface area contributed by atoms with Crippen LogP contribution in [0.1, 0.15) is 23.7 Å². The van der Waals surface area contributed by atoms with E-state index in [9.17, 15) is 5.11 Å². The number of halogens is 2. The molecular formula is C9H8Cl2O. The highest BCUT2D eigenvalue weighted by atomic mass is 35.5. The van der Waals surface area contributed by atoms with Crippen molar-refractivity contribution in [2.45, 2.75) is 18.9 Å². The Kier molecular flexibility index (Phi) is 2.03. The molecule has 0 aromatic heterocycles. The lowest BCUT2D eigenvalue weighted by Gasteiger charge is -2.04. The summed E-state index contributed by atoms with van der Waals surface area (Å²) in [5.41, 5.74) is 2.06. The highest BCUT2D eigenvalue weighted by Gasteiger charge is 2.21. The third-order valence-corrected chi connectivity index (χ3v) is 2.95. The maximum absolute atomic E-state index is 9.49. The molecule has 0 amide bonds. The van der Waals surface area contributed by atoms with Gasteiger partial charge in [0, 0.05) is 0 Å². The first-order valence-electron chi connectivity index (χ1n) is 3.84. The standard InChI is InChI=1S/C9H8Cl2O/c10-7-3-5-1-2-9(12)6(5)4-8(7)11/h3-4,9,12H,1-2H2. The van der Waals surface area contributed by atoms with Gasteiger partial charge in [0.2, 0.25) is 0 Å². The van der Waals surface area contributed by atoms with Crippen LogP contribution in [0, 0.1) is 0 Å². The van der Waals surface area contributed by atoms with E-state index in [-0.39, 0.29) is 6.10 Å². The van der Waals surface area contributed by atoms with Gasteiger partial charge in [-0.1, -0.05) is 23.2 Å². The SMILES string of the molecule is OC1CCc2cc(Cl)c(Cl)cc21. The molecule has 1 aliphatic rings. The molecule has 1 nitrogen and oxygen atoms in total. The smallest absolute Gasteiger partial charge is 0.0796 e. The van der Waals surface area contributed by atoms with Gasteiger partial charge < -0.3 is 5.11 Å². The van der Waals surface area contributed by atoms with Crippen LogP contribution in [0.2, 0.25) is 10.0 Å². The minimum atomic E-state index is -0.352. The largest absolute Gasteiger partial charge is 0.388 e. The van der Waals surface area contributed by atoms with Crippen LogP contribution in [0.25, 0.3) is 0 Å². The first kappa shape index (κ1) is 8.36. The number of aliphatic hydroxyl groups excluding tert-OH is 1. The average molecular weight is 203 g/mol. The van der Waals surface area contributed by atoms with E-state index < -0.39 is 0 Å². The molecule has 0 aliphatic heterocycles. The predicted molar refractivity (Wildman–Crippen MR) is 49.7 cm³/mol. The van der Waals surface area contributed by atoms with Crippen LogP contribution < -0.4 is 0 Å². The summed E-state index contributed by atoms with van der Waals surface area (Å²) in [5.74, 6) is 0. The van der Waals surface area contributed by atoms with Gasteiger partial charge in [-0.3, -0.25) is 0 Å². The number of benzene rings is 1. The minimum absolute atomic E-state index is 0.352. The fraction of sp³-hybridized carbons (Fsp3) is 0.333. The Balaban J connectivity index is 2.56. The van der Waals surface area contributed by atoms with Gasteiger partial charge in [-0.05, 0) is 36.1 Å². The number of fused-ring (bicyclic) bond motifs is 1. The number of hydrogen-bond donors (Lipinski definition) is 1. The molecule has 0 saturated carbocycles. The fourth-order valence-corrected chi connectivity index (χ4v) is 1.94. The lowest BCUT2D eigenvalue weighted by molar-refractivity contribution is 0.180. The van der Waals surface area contributed by atoms with E-state index >= 15 is 0 Å². The van der Waals surface area contributed by atoms with E-state index in [2.05, 4.69) is 0 Å². The van der Waals surface area contributed by atoms with Crippen molar-refractivity contribution in [3.05, 3.63) is 33.3 Å². The predicted octanol–water partition coefficient (Wildman–Crippen LogP) is 2.97. The van der Waals surface area contributed by atoms with Crippen LogP contribution >= 0.6 is 23.2 Å². The Morgan fingerprint density at radius 2 is 1.92 bits per heavy atom. The zero-order valence-electron chi connectivity index (χ0n) is 6.35. The van der Waals surface area contributed by atoms with Crippen molar-refractivity contribution < 1.29 is 5.11 Å². The van der Waals surface area contributed by atoms with Gasteiger partial charge in [0.15, 0.2) is 0 Å². The summed E-state index contributed by atoms with van der Waals surface area (Å²) in [6, 6.07) is 3.60. The van der Waals surface area contributed by atoms with Gasteiger partial charge in [0.1, 0.15) is 0 Å². The molecule has 1 atom stereocenters. The van der Waals surface area contributed by atoms with Crippen LogP contribution in [-0.2, 0) is 6.42 Å². The van der Waals surface area contributed by atoms with E-state index in [4.69, 9.17) is 23.2 Å². The van der Waals surface area contributed by atoms with Crippen LogP contribution in [0.4, 0.5) is 0 Å². The average Bonchev–Trinajstić information content (AvgIpc) is 2.35. The molecule has 1 aromatic carbocycles. The third kappa shape index (κ3) is 1.22. The quantitative estimate of drug-likeness (QED) is 0.687. The second-order valence-electron chi connectivity index (χ2n) is 3.02. The van der Waals surface area contributed by atoms with E-state index in [0.717, 1.165) is 24.0 Å². The first-order chi connectivity index (χ1) is 5.68. The molecule has 2 rings (SSSR count). The Hall–Kier alpha value is -0.240. The second kappa shape index (κ2) is 2.91. The summed E-state index contributed by atoms with van der Waals surface area (Å²) >= 11 is 11.6. The Labute approximate surface area is 80.9 Å². The highest BCUT2D eigenvalue weighted by molar-refractivity contribution is 6.42. The van der Waals surface area contributed by atoms with Gasteiger partial charge >= 0.3 is 0 Å². The molecule has 1 aromatic rings. The van der Waals surface area contributed by atoms with Crippen molar-refractivity contribution in [3.8, 4) is 0 Å². The summed E-state index contributed by atoms with van der Waals surface area (Å²) in [7, 11) is 0. The van der Waals surface area contributed by atoms with E-state index in [1.165, 1.54) is 0 Å². The third-order valence-electron chi connectivity index (χ3n) is 2.23. The molecule has 0 saturated heterocycles. The van der Waals surface area contributed by atoms with Crippen molar-refractivity contribution in [2.24, 2.45) is 0 Å². The number of hydrogen-bond acceptors (Lipinski definition) is 1. The molecular weight excluding hydrogens is 195 g/mol. The van der Waals surface area contributed by atoms with Crippen LogP contribution in [0.5, 0.6) is 0 Å². The van der Waals surface area contributed by atoms with Crippen LogP contribution in [0.15, 0.2) is 12.1 Å². The maximum Gasteiger partial charge on any atom is 0.0796 e. The number of aryl methyl sites for hydroxylation is 1. The molecule has 3 heteroatoms. The molecule has 0 fully saturated rings. The number of rotatable bonds is 0. The van der Waals surface area contributed by atoms with Crippen molar-refractivity contribution >= 4 is 23.2 Å². The minimum Gasteiger partial charge on any atom is -0.388 e. The summed E-state index contributed by atoms with van der Waals surface area (Å²) in [6.45, 7) is 0. The van der Waals surface area contributed by atoms with Gasteiger partial charge in [-0.15, -0.1) is 0 Å². The number of aliphatic hydroxyl groups is 1. The zero-order chi connectivity index (χ0) is 8.72. The lowest BCUT2D eigenvalue weighted by Crippen LogP contribution is -1.89. The molecule has 0 bridgehead atoms. The van der Waals surface area contributed by atoms with E-state index in [1.807, 2.05) is 6.07 Å². The summed E-state index contributed by atoms with van der Waals surface area (Å²) in [6.07, 6.45) is 1.33. The second-order valence-corrected chi connectivity index (χ2v) is 3.83. The van der Waals surface area contributed by atoms with Gasteiger partial charge in [0.05, 0.1) is 16.1 Å². The fourth-order valence-electron chi connectivity index (χ4n) is 1.58. The van der Waals surface area contributed by atoms with Gasteiger partial charge in [-0.25, -0.2) is 0 Å². The van der Waals surface area contributed by atoms with Gasteiger partial charge in [0.25, 0.3) is 0 Å². The Bertz CT molecular complexity index is 323. The summed E-state index contributed by atoms with van der Waals surface area (Å²) < 4.78 is 0. The lowest BCUT2D eigenvalue weighted by atomic mass is 10.1. The topological polar surface area (TPSA) is 20.2 Å².